The molecule has 8 heteroatoms. The van der Waals surface area contributed by atoms with Crippen molar-refractivity contribution in [1.29, 1.82) is 0 Å². The largest absolute Gasteiger partial charge is 0.493 e. The van der Waals surface area contributed by atoms with Crippen LogP contribution in [0.2, 0.25) is 0 Å². The zero-order valence-corrected chi connectivity index (χ0v) is 17.1. The van der Waals surface area contributed by atoms with Crippen LogP contribution in [0.3, 0.4) is 0 Å². The van der Waals surface area contributed by atoms with Crippen LogP contribution in [0.15, 0.2) is 47.0 Å². The maximum absolute atomic E-state index is 13.9. The lowest BCUT2D eigenvalue weighted by molar-refractivity contribution is -0.145. The van der Waals surface area contributed by atoms with Gasteiger partial charge in [-0.05, 0) is 44.2 Å². The van der Waals surface area contributed by atoms with Crippen molar-refractivity contribution in [3.05, 3.63) is 71.2 Å². The van der Waals surface area contributed by atoms with Crippen molar-refractivity contribution < 1.29 is 32.3 Å². The van der Waals surface area contributed by atoms with Gasteiger partial charge in [-0.15, -0.1) is 0 Å². The summed E-state index contributed by atoms with van der Waals surface area (Å²) in [6, 6.07) is 8.44. The van der Waals surface area contributed by atoms with Crippen LogP contribution in [0.1, 0.15) is 42.1 Å². The quantitative estimate of drug-likeness (QED) is 0.356. The number of Topliss-reactive ketones (excluding diaryl/α,β-unsaturated/α-hetero) is 1. The summed E-state index contributed by atoms with van der Waals surface area (Å²) < 4.78 is 43.9. The lowest BCUT2D eigenvalue weighted by Crippen LogP contribution is -2.08. The Morgan fingerprint density at radius 2 is 1.87 bits per heavy atom. The fraction of sp³-hybridized carbons (Fsp3) is 0.261. The summed E-state index contributed by atoms with van der Waals surface area (Å²) in [6.45, 7) is 3.64. The first-order chi connectivity index (χ1) is 14.9. The second-order valence-corrected chi connectivity index (χ2v) is 6.69. The van der Waals surface area contributed by atoms with E-state index in [0.717, 1.165) is 12.1 Å². The maximum atomic E-state index is 13.9. The minimum atomic E-state index is -0.764. The molecule has 0 atom stereocenters. The molecule has 0 radical (unpaired) electrons. The summed E-state index contributed by atoms with van der Waals surface area (Å²) in [5, 5.41) is 0. The van der Waals surface area contributed by atoms with Crippen LogP contribution in [-0.4, -0.2) is 23.3 Å². The molecular formula is C23H21F2NO5. The number of esters is 1. The number of carbonyl (C=O) groups excluding carboxylic acids is 2. The highest BCUT2D eigenvalue weighted by Gasteiger charge is 2.17. The van der Waals surface area contributed by atoms with Crippen molar-refractivity contribution in [1.82, 2.24) is 4.98 Å². The molecule has 0 spiro atoms. The zero-order valence-electron chi connectivity index (χ0n) is 17.1. The Morgan fingerprint density at radius 3 is 2.55 bits per heavy atom. The standard InChI is InChI=1S/C23H21F2NO5/c1-3-29-19-8-7-15(14(2)27)11-16(19)13-30-22(28)10-9-21-26-12-20(31-21)23-17(24)5-4-6-18(23)25/h4-8,11-12H,3,9-10,13H2,1-2H3. The Balaban J connectivity index is 1.60. The van der Waals surface area contributed by atoms with Crippen molar-refractivity contribution in [3.8, 4) is 17.1 Å². The predicted molar refractivity (Wildman–Crippen MR) is 108 cm³/mol. The summed E-state index contributed by atoms with van der Waals surface area (Å²) in [4.78, 5) is 27.7. The Kier molecular flexibility index (Phi) is 7.12. The Morgan fingerprint density at radius 1 is 1.13 bits per heavy atom. The molecule has 0 amide bonds. The van der Waals surface area contributed by atoms with E-state index < -0.39 is 17.6 Å². The first-order valence-electron chi connectivity index (χ1n) is 9.70. The average molecular weight is 429 g/mol. The van der Waals surface area contributed by atoms with Crippen molar-refractivity contribution in [3.63, 3.8) is 0 Å². The van der Waals surface area contributed by atoms with Gasteiger partial charge in [0.2, 0.25) is 0 Å². The molecular weight excluding hydrogens is 408 g/mol. The minimum absolute atomic E-state index is 0.0456. The molecule has 31 heavy (non-hydrogen) atoms. The molecule has 0 aliphatic heterocycles. The molecule has 3 aromatic rings. The van der Waals surface area contributed by atoms with Crippen LogP contribution in [0, 0.1) is 11.6 Å². The van der Waals surface area contributed by atoms with Crippen LogP contribution >= 0.6 is 0 Å². The van der Waals surface area contributed by atoms with E-state index in [4.69, 9.17) is 13.9 Å². The molecule has 0 N–H and O–H groups in total. The molecule has 0 aliphatic rings. The third-order valence-corrected chi connectivity index (χ3v) is 4.46. The monoisotopic (exact) mass is 429 g/mol. The minimum Gasteiger partial charge on any atom is -0.493 e. The maximum Gasteiger partial charge on any atom is 0.306 e. The third-order valence-electron chi connectivity index (χ3n) is 4.46. The molecule has 0 aliphatic carbocycles. The normalized spacial score (nSPS) is 10.7. The fourth-order valence-electron chi connectivity index (χ4n) is 2.92. The smallest absolute Gasteiger partial charge is 0.306 e. The topological polar surface area (TPSA) is 78.6 Å². The molecule has 0 unspecified atom stereocenters. The van der Waals surface area contributed by atoms with E-state index in [1.54, 1.807) is 18.2 Å². The van der Waals surface area contributed by atoms with Gasteiger partial charge in [0.1, 0.15) is 24.0 Å². The van der Waals surface area contributed by atoms with Crippen LogP contribution in [-0.2, 0) is 22.6 Å². The van der Waals surface area contributed by atoms with E-state index in [1.165, 1.54) is 19.2 Å². The Bertz CT molecular complexity index is 1070. The molecule has 0 saturated carbocycles. The SMILES string of the molecule is CCOc1ccc(C(C)=O)cc1COC(=O)CCc1ncc(-c2c(F)cccc2F)o1. The van der Waals surface area contributed by atoms with E-state index in [9.17, 15) is 18.4 Å². The zero-order chi connectivity index (χ0) is 22.4. The number of oxazole rings is 1. The molecule has 6 nitrogen and oxygen atoms in total. The summed E-state index contributed by atoms with van der Waals surface area (Å²) in [7, 11) is 0. The fourth-order valence-corrected chi connectivity index (χ4v) is 2.92. The number of ketones is 1. The van der Waals surface area contributed by atoms with Crippen molar-refractivity contribution >= 4 is 11.8 Å². The number of aromatic nitrogens is 1. The number of aryl methyl sites for hydroxylation is 1. The Hall–Kier alpha value is -3.55. The number of carbonyl (C=O) groups is 2. The van der Waals surface area contributed by atoms with Gasteiger partial charge in [-0.3, -0.25) is 9.59 Å². The number of rotatable bonds is 9. The van der Waals surface area contributed by atoms with Crippen molar-refractivity contribution in [2.24, 2.45) is 0 Å². The summed E-state index contributed by atoms with van der Waals surface area (Å²) in [5.41, 5.74) is 0.760. The van der Waals surface area contributed by atoms with Gasteiger partial charge in [-0.2, -0.15) is 0 Å². The Labute approximate surface area is 177 Å². The van der Waals surface area contributed by atoms with Gasteiger partial charge >= 0.3 is 5.97 Å². The predicted octanol–water partition coefficient (Wildman–Crippen LogP) is 4.90. The first-order valence-corrected chi connectivity index (χ1v) is 9.70. The van der Waals surface area contributed by atoms with Gasteiger partial charge in [0, 0.05) is 17.5 Å². The van der Waals surface area contributed by atoms with Crippen molar-refractivity contribution in [2.45, 2.75) is 33.3 Å². The molecule has 162 valence electrons. The molecule has 0 saturated heterocycles. The number of hydrogen-bond donors (Lipinski definition) is 0. The highest BCUT2D eigenvalue weighted by molar-refractivity contribution is 5.94. The second kappa shape index (κ2) is 9.97. The van der Waals surface area contributed by atoms with E-state index in [0.29, 0.717) is 23.5 Å². The lowest BCUT2D eigenvalue weighted by atomic mass is 10.1. The van der Waals surface area contributed by atoms with E-state index in [2.05, 4.69) is 4.98 Å². The summed E-state index contributed by atoms with van der Waals surface area (Å²) in [6.07, 6.45) is 1.26. The molecule has 0 fully saturated rings. The van der Waals surface area contributed by atoms with Crippen LogP contribution < -0.4 is 4.74 Å². The summed E-state index contributed by atoms with van der Waals surface area (Å²) in [5.74, 6) is -1.52. The third kappa shape index (κ3) is 5.53. The van der Waals surface area contributed by atoms with Gasteiger partial charge in [0.15, 0.2) is 17.4 Å². The molecule has 1 heterocycles. The van der Waals surface area contributed by atoms with E-state index in [-0.39, 0.29) is 42.4 Å². The van der Waals surface area contributed by atoms with Crippen LogP contribution in [0.4, 0.5) is 8.78 Å². The number of benzene rings is 2. The van der Waals surface area contributed by atoms with Gasteiger partial charge in [0.05, 0.1) is 24.8 Å². The first kappa shape index (κ1) is 22.1. The summed E-state index contributed by atoms with van der Waals surface area (Å²) >= 11 is 0. The molecule has 3 rings (SSSR count). The average Bonchev–Trinajstić information content (AvgIpc) is 3.20. The molecule has 0 bridgehead atoms. The molecule has 2 aromatic carbocycles. The van der Waals surface area contributed by atoms with E-state index >= 15 is 0 Å². The highest BCUT2D eigenvalue weighted by Crippen LogP contribution is 2.27. The van der Waals surface area contributed by atoms with Crippen molar-refractivity contribution in [2.75, 3.05) is 6.61 Å². The van der Waals surface area contributed by atoms with Gasteiger partial charge in [0.25, 0.3) is 0 Å². The van der Waals surface area contributed by atoms with Gasteiger partial charge < -0.3 is 13.9 Å². The molecule has 1 aromatic heterocycles. The van der Waals surface area contributed by atoms with Crippen LogP contribution in [0.5, 0.6) is 5.75 Å². The number of halogens is 2. The second-order valence-electron chi connectivity index (χ2n) is 6.69. The van der Waals surface area contributed by atoms with Gasteiger partial charge in [-0.1, -0.05) is 6.07 Å². The van der Waals surface area contributed by atoms with Gasteiger partial charge in [-0.25, -0.2) is 13.8 Å². The lowest BCUT2D eigenvalue weighted by Gasteiger charge is -2.12. The number of nitrogens with zero attached hydrogens (tertiary/aromatic N) is 1. The number of ether oxygens (including phenoxy) is 2. The highest BCUT2D eigenvalue weighted by atomic mass is 19.1. The van der Waals surface area contributed by atoms with E-state index in [1.807, 2.05) is 6.92 Å². The number of hydrogen-bond acceptors (Lipinski definition) is 6. The van der Waals surface area contributed by atoms with Crippen LogP contribution in [0.25, 0.3) is 11.3 Å².